The lowest BCUT2D eigenvalue weighted by Gasteiger charge is -2.15. The molecule has 0 saturated carbocycles. The molecule has 136 valence electrons. The zero-order valence-electron chi connectivity index (χ0n) is 15.6. The van der Waals surface area contributed by atoms with Gasteiger partial charge in [-0.25, -0.2) is 9.78 Å². The molecular formula is C20H29N3OS. The van der Waals surface area contributed by atoms with Gasteiger partial charge in [-0.15, -0.1) is 11.3 Å². The molecule has 25 heavy (non-hydrogen) atoms. The monoisotopic (exact) mass is 359 g/mol. The van der Waals surface area contributed by atoms with E-state index in [9.17, 15) is 4.79 Å². The van der Waals surface area contributed by atoms with E-state index in [2.05, 4.69) is 53.9 Å². The van der Waals surface area contributed by atoms with Crippen molar-refractivity contribution in [2.24, 2.45) is 0 Å². The van der Waals surface area contributed by atoms with Crippen molar-refractivity contribution in [3.05, 3.63) is 52.0 Å². The Bertz CT molecular complexity index is 661. The number of benzene rings is 1. The molecule has 1 atom stereocenters. The molecular weight excluding hydrogens is 330 g/mol. The molecule has 0 spiro atoms. The third-order valence-corrected chi connectivity index (χ3v) is 4.94. The van der Waals surface area contributed by atoms with Crippen LogP contribution in [-0.4, -0.2) is 23.6 Å². The molecule has 1 heterocycles. The maximum Gasteiger partial charge on any atom is 0.315 e. The van der Waals surface area contributed by atoms with Gasteiger partial charge in [-0.3, -0.25) is 0 Å². The first-order valence-electron chi connectivity index (χ1n) is 8.88. The summed E-state index contributed by atoms with van der Waals surface area (Å²) in [6.07, 6.45) is 2.67. The predicted octanol–water partition coefficient (Wildman–Crippen LogP) is 4.30. The van der Waals surface area contributed by atoms with Crippen molar-refractivity contribution in [1.82, 2.24) is 15.6 Å². The van der Waals surface area contributed by atoms with Gasteiger partial charge in [0.25, 0.3) is 0 Å². The zero-order chi connectivity index (χ0) is 18.3. The van der Waals surface area contributed by atoms with E-state index in [0.29, 0.717) is 6.54 Å². The second-order valence-electron chi connectivity index (χ2n) is 7.45. The lowest BCUT2D eigenvalue weighted by molar-refractivity contribution is 0.237. The predicted molar refractivity (Wildman–Crippen MR) is 105 cm³/mol. The normalized spacial score (nSPS) is 12.6. The summed E-state index contributed by atoms with van der Waals surface area (Å²) in [5, 5.41) is 9.11. The Kier molecular flexibility index (Phi) is 7.00. The molecule has 1 aromatic heterocycles. The first-order valence-corrected chi connectivity index (χ1v) is 9.76. The largest absolute Gasteiger partial charge is 0.338 e. The van der Waals surface area contributed by atoms with Crippen LogP contribution in [0.15, 0.2) is 35.7 Å². The molecule has 0 aliphatic rings. The maximum atomic E-state index is 12.0. The van der Waals surface area contributed by atoms with Crippen LogP contribution in [-0.2, 0) is 18.3 Å². The minimum absolute atomic E-state index is 0.0771. The molecule has 5 heteroatoms. The Morgan fingerprint density at radius 2 is 1.92 bits per heavy atom. The molecule has 0 aliphatic heterocycles. The minimum atomic E-state index is -0.104. The average molecular weight is 360 g/mol. The van der Waals surface area contributed by atoms with E-state index in [0.717, 1.165) is 30.0 Å². The van der Waals surface area contributed by atoms with Gasteiger partial charge in [0.05, 0.1) is 10.7 Å². The highest BCUT2D eigenvalue weighted by Gasteiger charge is 2.17. The summed E-state index contributed by atoms with van der Waals surface area (Å²) in [6, 6.07) is 10.4. The molecule has 1 aromatic carbocycles. The van der Waals surface area contributed by atoms with Gasteiger partial charge in [0.15, 0.2) is 0 Å². The van der Waals surface area contributed by atoms with Crippen molar-refractivity contribution in [1.29, 1.82) is 0 Å². The summed E-state index contributed by atoms with van der Waals surface area (Å²) in [5.74, 6) is 0. The van der Waals surface area contributed by atoms with E-state index in [1.54, 1.807) is 11.3 Å². The summed E-state index contributed by atoms with van der Waals surface area (Å²) < 4.78 is 0. The van der Waals surface area contributed by atoms with Crippen LogP contribution >= 0.6 is 11.3 Å². The van der Waals surface area contributed by atoms with Crippen LogP contribution in [0.4, 0.5) is 4.79 Å². The highest BCUT2D eigenvalue weighted by Crippen LogP contribution is 2.23. The number of nitrogens with zero attached hydrogens (tertiary/aromatic N) is 1. The Hall–Kier alpha value is -1.88. The third-order valence-electron chi connectivity index (χ3n) is 4.03. The van der Waals surface area contributed by atoms with E-state index >= 15 is 0 Å². The van der Waals surface area contributed by atoms with E-state index in [-0.39, 0.29) is 17.5 Å². The van der Waals surface area contributed by atoms with Gasteiger partial charge in [0.2, 0.25) is 0 Å². The van der Waals surface area contributed by atoms with Crippen LogP contribution in [0.1, 0.15) is 50.4 Å². The topological polar surface area (TPSA) is 54.0 Å². The number of carbonyl (C=O) groups is 1. The Balaban J connectivity index is 1.65. The number of amides is 2. The highest BCUT2D eigenvalue weighted by atomic mass is 32.1. The number of hydrogen-bond acceptors (Lipinski definition) is 3. The van der Waals surface area contributed by atoms with Gasteiger partial charge < -0.3 is 10.6 Å². The first kappa shape index (κ1) is 19.4. The average Bonchev–Trinajstić information content (AvgIpc) is 3.03. The molecule has 2 amide bonds. The number of thiazole rings is 1. The maximum absolute atomic E-state index is 12.0. The molecule has 2 N–H and O–H groups in total. The number of carbonyl (C=O) groups excluding carboxylic acids is 1. The van der Waals surface area contributed by atoms with Gasteiger partial charge >= 0.3 is 6.03 Å². The lowest BCUT2D eigenvalue weighted by atomic mass is 9.93. The summed E-state index contributed by atoms with van der Waals surface area (Å²) in [5.41, 5.74) is 2.50. The molecule has 2 aromatic rings. The number of nitrogens with one attached hydrogen (secondary N) is 2. The van der Waals surface area contributed by atoms with E-state index in [1.807, 2.05) is 25.1 Å². The molecule has 1 unspecified atom stereocenters. The van der Waals surface area contributed by atoms with Gasteiger partial charge in [0, 0.05) is 29.8 Å². The molecule has 0 bridgehead atoms. The fourth-order valence-corrected chi connectivity index (χ4v) is 3.45. The smallest absolute Gasteiger partial charge is 0.315 e. The summed E-state index contributed by atoms with van der Waals surface area (Å²) in [7, 11) is 0. The second kappa shape index (κ2) is 8.99. The van der Waals surface area contributed by atoms with Crippen molar-refractivity contribution in [3.63, 3.8) is 0 Å². The zero-order valence-corrected chi connectivity index (χ0v) is 16.5. The molecule has 4 nitrogen and oxygen atoms in total. The summed E-state index contributed by atoms with van der Waals surface area (Å²) in [4.78, 5) is 16.6. The quantitative estimate of drug-likeness (QED) is 0.774. The molecule has 0 fully saturated rings. The van der Waals surface area contributed by atoms with E-state index in [4.69, 9.17) is 0 Å². The fraction of sp³-hybridized carbons (Fsp3) is 0.500. The molecule has 2 rings (SSSR count). The molecule has 0 saturated heterocycles. The van der Waals surface area contributed by atoms with Crippen LogP contribution < -0.4 is 10.6 Å². The highest BCUT2D eigenvalue weighted by molar-refractivity contribution is 7.09. The van der Waals surface area contributed by atoms with Gasteiger partial charge in [-0.05, 0) is 25.3 Å². The van der Waals surface area contributed by atoms with Crippen LogP contribution in [0.5, 0.6) is 0 Å². The number of aromatic nitrogens is 1. The Morgan fingerprint density at radius 1 is 1.20 bits per heavy atom. The van der Waals surface area contributed by atoms with Crippen LogP contribution in [0.2, 0.25) is 0 Å². The third kappa shape index (κ3) is 6.86. The fourth-order valence-electron chi connectivity index (χ4n) is 2.43. The van der Waals surface area contributed by atoms with Crippen molar-refractivity contribution >= 4 is 17.4 Å². The first-order chi connectivity index (χ1) is 11.8. The van der Waals surface area contributed by atoms with E-state index < -0.39 is 0 Å². The van der Waals surface area contributed by atoms with Crippen molar-refractivity contribution in [2.75, 3.05) is 6.54 Å². The van der Waals surface area contributed by atoms with Crippen LogP contribution in [0.25, 0.3) is 0 Å². The van der Waals surface area contributed by atoms with Gasteiger partial charge in [-0.1, -0.05) is 51.1 Å². The van der Waals surface area contributed by atoms with Gasteiger partial charge in [-0.2, -0.15) is 0 Å². The van der Waals surface area contributed by atoms with Crippen molar-refractivity contribution in [3.8, 4) is 0 Å². The Morgan fingerprint density at radius 3 is 2.56 bits per heavy atom. The summed E-state index contributed by atoms with van der Waals surface area (Å²) in [6.45, 7) is 9.13. The Labute approximate surface area is 155 Å². The molecule has 0 aliphatic carbocycles. The van der Waals surface area contributed by atoms with Crippen LogP contribution in [0.3, 0.4) is 0 Å². The standard InChI is InChI=1S/C20H29N3OS/c1-15(10-11-16-8-6-5-7-9-16)22-19(24)21-13-12-18-23-17(14-25-18)20(2,3)4/h5-9,14-15H,10-13H2,1-4H3,(H2,21,22,24). The number of urea groups is 1. The SMILES string of the molecule is CC(CCc1ccccc1)NC(=O)NCCc1nc(C(C)(C)C)cs1. The number of aryl methyl sites for hydroxylation is 1. The van der Waals surface area contributed by atoms with Gasteiger partial charge in [0.1, 0.15) is 0 Å². The van der Waals surface area contributed by atoms with Crippen molar-refractivity contribution < 1.29 is 4.79 Å². The number of rotatable bonds is 7. The molecule has 0 radical (unpaired) electrons. The van der Waals surface area contributed by atoms with Crippen LogP contribution in [0, 0.1) is 0 Å². The lowest BCUT2D eigenvalue weighted by Crippen LogP contribution is -2.41. The second-order valence-corrected chi connectivity index (χ2v) is 8.39. The number of hydrogen-bond donors (Lipinski definition) is 2. The summed E-state index contributed by atoms with van der Waals surface area (Å²) >= 11 is 1.66. The van der Waals surface area contributed by atoms with E-state index in [1.165, 1.54) is 5.56 Å². The minimum Gasteiger partial charge on any atom is -0.338 e. The van der Waals surface area contributed by atoms with Crippen molar-refractivity contribution in [2.45, 2.75) is 58.4 Å².